The highest BCUT2D eigenvalue weighted by Gasteiger charge is 2.26. The van der Waals surface area contributed by atoms with Crippen LogP contribution in [0.1, 0.15) is 49.3 Å². The van der Waals surface area contributed by atoms with Crippen LogP contribution in [0.15, 0.2) is 54.9 Å². The molecule has 6 heteroatoms. The van der Waals surface area contributed by atoms with E-state index in [0.717, 1.165) is 51.1 Å². The van der Waals surface area contributed by atoms with E-state index < -0.39 is 0 Å². The first-order valence-electron chi connectivity index (χ1n) is 11.7. The summed E-state index contributed by atoms with van der Waals surface area (Å²) in [5.41, 5.74) is 2.53. The Morgan fingerprint density at radius 2 is 1.77 bits per heavy atom. The Bertz CT molecular complexity index is 786. The van der Waals surface area contributed by atoms with Gasteiger partial charge in [-0.2, -0.15) is 0 Å². The van der Waals surface area contributed by atoms with Crippen molar-refractivity contribution < 1.29 is 4.79 Å². The smallest absolute Gasteiger partial charge is 0.315 e. The summed E-state index contributed by atoms with van der Waals surface area (Å²) in [4.78, 5) is 21.8. The standard InChI is InChI=1S/C25H35N5O/c31-25(28-23-11-5-2-6-12-23)27-19-24(22-10-7-13-26-18-22)30-16-14-29(15-17-30)20-21-8-3-1-4-9-21/h1,3-4,7-10,13,18,23-24H,2,5-6,11-12,14-17,19-20H2,(H2,27,28,31)/t24-/m1/s1. The maximum atomic E-state index is 12.5. The maximum Gasteiger partial charge on any atom is 0.315 e. The Kier molecular flexibility index (Phi) is 7.91. The molecule has 2 aliphatic rings. The first-order chi connectivity index (χ1) is 15.3. The van der Waals surface area contributed by atoms with Gasteiger partial charge in [-0.1, -0.05) is 55.7 Å². The number of pyridine rings is 1. The van der Waals surface area contributed by atoms with Crippen molar-refractivity contribution in [2.75, 3.05) is 32.7 Å². The largest absolute Gasteiger partial charge is 0.336 e. The van der Waals surface area contributed by atoms with E-state index in [-0.39, 0.29) is 12.1 Å². The molecule has 0 radical (unpaired) electrons. The second kappa shape index (κ2) is 11.3. The average Bonchev–Trinajstić information content (AvgIpc) is 2.82. The first-order valence-corrected chi connectivity index (χ1v) is 11.7. The molecule has 0 unspecified atom stereocenters. The fourth-order valence-corrected chi connectivity index (χ4v) is 4.78. The number of hydrogen-bond donors (Lipinski definition) is 2. The summed E-state index contributed by atoms with van der Waals surface area (Å²) < 4.78 is 0. The lowest BCUT2D eigenvalue weighted by atomic mass is 9.96. The molecule has 6 nitrogen and oxygen atoms in total. The molecule has 1 aromatic heterocycles. The van der Waals surface area contributed by atoms with Crippen LogP contribution in [-0.2, 0) is 6.54 Å². The normalized spacial score (nSPS) is 19.6. The zero-order valence-electron chi connectivity index (χ0n) is 18.4. The SMILES string of the molecule is O=C(NC[C@H](c1cccnc1)N1CCN(Cc2ccccc2)CC1)NC1CCCCC1. The van der Waals surface area contributed by atoms with E-state index in [0.29, 0.717) is 12.6 Å². The summed E-state index contributed by atoms with van der Waals surface area (Å²) >= 11 is 0. The Morgan fingerprint density at radius 3 is 2.48 bits per heavy atom. The van der Waals surface area contributed by atoms with Gasteiger partial charge in [0.1, 0.15) is 0 Å². The van der Waals surface area contributed by atoms with Gasteiger partial charge in [-0.15, -0.1) is 0 Å². The van der Waals surface area contributed by atoms with Crippen molar-refractivity contribution in [3.63, 3.8) is 0 Å². The predicted molar refractivity (Wildman–Crippen MR) is 124 cm³/mol. The number of nitrogens with zero attached hydrogens (tertiary/aromatic N) is 3. The van der Waals surface area contributed by atoms with Crippen LogP contribution in [0.4, 0.5) is 4.79 Å². The molecule has 166 valence electrons. The lowest BCUT2D eigenvalue weighted by Gasteiger charge is -2.39. The van der Waals surface area contributed by atoms with Crippen molar-refractivity contribution in [2.45, 2.75) is 50.7 Å². The van der Waals surface area contributed by atoms with Crippen LogP contribution in [0.25, 0.3) is 0 Å². The lowest BCUT2D eigenvalue weighted by molar-refractivity contribution is 0.0912. The van der Waals surface area contributed by atoms with Crippen molar-refractivity contribution in [2.24, 2.45) is 0 Å². The van der Waals surface area contributed by atoms with Gasteiger partial charge in [0.15, 0.2) is 0 Å². The fraction of sp³-hybridized carbons (Fsp3) is 0.520. The van der Waals surface area contributed by atoms with Gasteiger partial charge in [-0.05, 0) is 30.0 Å². The summed E-state index contributed by atoms with van der Waals surface area (Å²) in [5.74, 6) is 0. The molecule has 4 rings (SSSR count). The molecule has 2 amide bonds. The van der Waals surface area contributed by atoms with Gasteiger partial charge in [0.25, 0.3) is 0 Å². The summed E-state index contributed by atoms with van der Waals surface area (Å²) in [6.07, 6.45) is 9.67. The number of urea groups is 1. The molecule has 1 aliphatic heterocycles. The molecule has 1 atom stereocenters. The minimum absolute atomic E-state index is 0.0384. The van der Waals surface area contributed by atoms with E-state index in [2.05, 4.69) is 61.8 Å². The van der Waals surface area contributed by atoms with Crippen molar-refractivity contribution in [3.8, 4) is 0 Å². The molecular formula is C25H35N5O. The molecule has 0 spiro atoms. The van der Waals surface area contributed by atoms with Gasteiger partial charge in [0.2, 0.25) is 0 Å². The number of aromatic nitrogens is 1. The van der Waals surface area contributed by atoms with Gasteiger partial charge < -0.3 is 10.6 Å². The Morgan fingerprint density at radius 1 is 1.00 bits per heavy atom. The summed E-state index contributed by atoms with van der Waals surface area (Å²) in [6, 6.07) is 15.2. The number of carbonyl (C=O) groups is 1. The van der Waals surface area contributed by atoms with Crippen LogP contribution >= 0.6 is 0 Å². The highest BCUT2D eigenvalue weighted by atomic mass is 16.2. The average molecular weight is 422 g/mol. The van der Waals surface area contributed by atoms with E-state index in [4.69, 9.17) is 0 Å². The molecule has 2 N–H and O–H groups in total. The molecule has 2 fully saturated rings. The van der Waals surface area contributed by atoms with Gasteiger partial charge >= 0.3 is 6.03 Å². The zero-order valence-corrected chi connectivity index (χ0v) is 18.4. The molecule has 1 aliphatic carbocycles. The number of hydrogen-bond acceptors (Lipinski definition) is 4. The van der Waals surface area contributed by atoms with E-state index in [1.54, 1.807) is 0 Å². The summed E-state index contributed by atoms with van der Waals surface area (Å²) in [5, 5.41) is 6.31. The molecular weight excluding hydrogens is 386 g/mol. The van der Waals surface area contributed by atoms with Crippen LogP contribution in [0.2, 0.25) is 0 Å². The number of piperazine rings is 1. The van der Waals surface area contributed by atoms with Crippen LogP contribution in [0.5, 0.6) is 0 Å². The van der Waals surface area contributed by atoms with Crippen molar-refractivity contribution in [3.05, 3.63) is 66.0 Å². The number of rotatable bonds is 7. The lowest BCUT2D eigenvalue weighted by Crippen LogP contribution is -2.51. The van der Waals surface area contributed by atoms with Gasteiger partial charge in [-0.25, -0.2) is 4.79 Å². The maximum absolute atomic E-state index is 12.5. The highest BCUT2D eigenvalue weighted by Crippen LogP contribution is 2.22. The number of amides is 2. The van der Waals surface area contributed by atoms with Gasteiger partial charge in [0.05, 0.1) is 6.04 Å². The van der Waals surface area contributed by atoms with E-state index in [1.165, 1.54) is 24.8 Å². The third-order valence-corrected chi connectivity index (χ3v) is 6.56. The van der Waals surface area contributed by atoms with Crippen LogP contribution in [0, 0.1) is 0 Å². The zero-order chi connectivity index (χ0) is 21.3. The minimum atomic E-state index is -0.0384. The molecule has 1 aromatic carbocycles. The van der Waals surface area contributed by atoms with E-state index >= 15 is 0 Å². The van der Waals surface area contributed by atoms with Gasteiger partial charge in [-0.3, -0.25) is 14.8 Å². The third-order valence-electron chi connectivity index (χ3n) is 6.56. The van der Waals surface area contributed by atoms with Crippen LogP contribution < -0.4 is 10.6 Å². The molecule has 2 aromatic rings. The van der Waals surface area contributed by atoms with Crippen molar-refractivity contribution in [1.82, 2.24) is 25.4 Å². The third kappa shape index (κ3) is 6.52. The van der Waals surface area contributed by atoms with Gasteiger partial charge in [0, 0.05) is 57.7 Å². The topological polar surface area (TPSA) is 60.5 Å². The predicted octanol–water partition coefficient (Wildman–Crippen LogP) is 3.57. The second-order valence-corrected chi connectivity index (χ2v) is 8.79. The molecule has 31 heavy (non-hydrogen) atoms. The number of nitrogens with one attached hydrogen (secondary N) is 2. The first kappa shape index (κ1) is 21.8. The molecule has 1 saturated heterocycles. The van der Waals surface area contributed by atoms with E-state index in [1.807, 2.05) is 18.5 Å². The quantitative estimate of drug-likeness (QED) is 0.718. The summed E-state index contributed by atoms with van der Waals surface area (Å²) in [7, 11) is 0. The monoisotopic (exact) mass is 421 g/mol. The highest BCUT2D eigenvalue weighted by molar-refractivity contribution is 5.74. The molecule has 1 saturated carbocycles. The Hall–Kier alpha value is -2.44. The number of carbonyl (C=O) groups excluding carboxylic acids is 1. The van der Waals surface area contributed by atoms with Crippen LogP contribution in [0.3, 0.4) is 0 Å². The molecule has 0 bridgehead atoms. The minimum Gasteiger partial charge on any atom is -0.336 e. The summed E-state index contributed by atoms with van der Waals surface area (Å²) in [6.45, 7) is 5.62. The Balaban J connectivity index is 1.32. The van der Waals surface area contributed by atoms with Crippen LogP contribution in [-0.4, -0.2) is 59.6 Å². The fourth-order valence-electron chi connectivity index (χ4n) is 4.78. The second-order valence-electron chi connectivity index (χ2n) is 8.79. The number of benzene rings is 1. The van der Waals surface area contributed by atoms with E-state index in [9.17, 15) is 4.79 Å². The molecule has 2 heterocycles. The Labute approximate surface area is 186 Å². The van der Waals surface area contributed by atoms with Crippen molar-refractivity contribution >= 4 is 6.03 Å². The van der Waals surface area contributed by atoms with Crippen molar-refractivity contribution in [1.29, 1.82) is 0 Å².